The molecule has 1 N–H and O–H groups in total. The average Bonchev–Trinajstić information content (AvgIpc) is 3.05. The number of hydrogen-bond acceptors (Lipinski definition) is 4. The highest BCUT2D eigenvalue weighted by Crippen LogP contribution is 2.21. The van der Waals surface area contributed by atoms with Crippen molar-refractivity contribution in [3.8, 4) is 11.4 Å². The monoisotopic (exact) mass is 334 g/mol. The molecule has 0 unspecified atom stereocenters. The van der Waals surface area contributed by atoms with Crippen LogP contribution in [0.3, 0.4) is 0 Å². The average molecular weight is 334 g/mol. The lowest BCUT2D eigenvalue weighted by atomic mass is 10.0. The van der Waals surface area contributed by atoms with Gasteiger partial charge in [0.05, 0.1) is 11.9 Å². The molecule has 1 amide bonds. The van der Waals surface area contributed by atoms with Crippen molar-refractivity contribution in [2.24, 2.45) is 0 Å². The number of amides is 1. The Morgan fingerprint density at radius 1 is 1.16 bits per heavy atom. The molecule has 0 fully saturated rings. The molecule has 126 valence electrons. The predicted octanol–water partition coefficient (Wildman–Crippen LogP) is 2.52. The lowest BCUT2D eigenvalue weighted by Gasteiger charge is -2.08. The molecule has 0 radical (unpaired) electrons. The van der Waals surface area contributed by atoms with Crippen LogP contribution in [0.15, 0.2) is 54.7 Å². The highest BCUT2D eigenvalue weighted by atomic mass is 16.5. The van der Waals surface area contributed by atoms with Crippen LogP contribution in [0, 0.1) is 0 Å². The highest BCUT2D eigenvalue weighted by molar-refractivity contribution is 5.96. The van der Waals surface area contributed by atoms with Gasteiger partial charge in [0.15, 0.2) is 0 Å². The van der Waals surface area contributed by atoms with Crippen molar-refractivity contribution in [3.63, 3.8) is 0 Å². The summed E-state index contributed by atoms with van der Waals surface area (Å²) < 4.78 is 5.84. The number of aryl methyl sites for hydroxylation is 1. The molecule has 0 saturated carbocycles. The van der Waals surface area contributed by atoms with Gasteiger partial charge in [0.25, 0.3) is 5.91 Å². The molecule has 1 aliphatic rings. The molecular weight excluding hydrogens is 316 g/mol. The van der Waals surface area contributed by atoms with E-state index in [9.17, 15) is 4.79 Å². The summed E-state index contributed by atoms with van der Waals surface area (Å²) in [6.07, 6.45) is 3.51. The van der Waals surface area contributed by atoms with Crippen LogP contribution in [-0.4, -0.2) is 27.4 Å². The molecule has 6 nitrogen and oxygen atoms in total. The van der Waals surface area contributed by atoms with Crippen LogP contribution >= 0.6 is 0 Å². The Bertz CT molecular complexity index is 889. The van der Waals surface area contributed by atoms with E-state index in [1.165, 1.54) is 0 Å². The number of fused-ring (bicyclic) bond motifs is 1. The molecule has 2 aromatic carbocycles. The van der Waals surface area contributed by atoms with Gasteiger partial charge < -0.3 is 10.1 Å². The molecule has 3 aromatic rings. The number of nitrogens with one attached hydrogen (secondary N) is 1. The quantitative estimate of drug-likeness (QED) is 0.796. The first-order chi connectivity index (χ1) is 12.3. The van der Waals surface area contributed by atoms with Gasteiger partial charge >= 0.3 is 0 Å². The lowest BCUT2D eigenvalue weighted by Crippen LogP contribution is -2.22. The summed E-state index contributed by atoms with van der Waals surface area (Å²) in [5, 5.41) is 11.6. The smallest absolute Gasteiger partial charge is 0.251 e. The van der Waals surface area contributed by atoms with E-state index in [0.717, 1.165) is 41.1 Å². The van der Waals surface area contributed by atoms with Crippen LogP contribution < -0.4 is 10.1 Å². The van der Waals surface area contributed by atoms with Crippen molar-refractivity contribution in [1.82, 2.24) is 20.3 Å². The van der Waals surface area contributed by atoms with E-state index in [4.69, 9.17) is 4.74 Å². The molecule has 0 aliphatic carbocycles. The topological polar surface area (TPSA) is 69.0 Å². The summed E-state index contributed by atoms with van der Waals surface area (Å²) in [7, 11) is 0. The molecule has 0 atom stereocenters. The SMILES string of the molecule is O=C1NCCCc2cc(OCc3cnn(-c4ccccc4)n3)ccc21. The predicted molar refractivity (Wildman–Crippen MR) is 92.8 cm³/mol. The van der Waals surface area contributed by atoms with Gasteiger partial charge in [0.1, 0.15) is 18.1 Å². The Kier molecular flexibility index (Phi) is 4.16. The fourth-order valence-electron chi connectivity index (χ4n) is 2.87. The van der Waals surface area contributed by atoms with Crippen LogP contribution in [0.2, 0.25) is 0 Å². The Morgan fingerprint density at radius 3 is 2.92 bits per heavy atom. The van der Waals surface area contributed by atoms with Crippen molar-refractivity contribution >= 4 is 5.91 Å². The maximum absolute atomic E-state index is 12.0. The number of hydrogen-bond donors (Lipinski definition) is 1. The molecule has 1 aromatic heterocycles. The maximum atomic E-state index is 12.0. The van der Waals surface area contributed by atoms with Crippen LogP contribution in [0.1, 0.15) is 28.0 Å². The van der Waals surface area contributed by atoms with Gasteiger partial charge in [0.2, 0.25) is 0 Å². The van der Waals surface area contributed by atoms with E-state index >= 15 is 0 Å². The second kappa shape index (κ2) is 6.76. The van der Waals surface area contributed by atoms with Gasteiger partial charge in [-0.1, -0.05) is 18.2 Å². The first-order valence-electron chi connectivity index (χ1n) is 8.30. The second-order valence-corrected chi connectivity index (χ2v) is 5.93. The van der Waals surface area contributed by atoms with E-state index in [0.29, 0.717) is 13.2 Å². The van der Waals surface area contributed by atoms with E-state index in [1.807, 2.05) is 48.5 Å². The number of aromatic nitrogens is 3. The molecule has 2 heterocycles. The standard InChI is InChI=1S/C19H18N4O2/c24-19-18-9-8-17(11-14(18)5-4-10-20-19)25-13-15-12-21-23(22-15)16-6-2-1-3-7-16/h1-3,6-9,11-12H,4-5,10,13H2,(H,20,24). The molecular formula is C19H18N4O2. The first kappa shape index (κ1) is 15.4. The minimum Gasteiger partial charge on any atom is -0.487 e. The van der Waals surface area contributed by atoms with E-state index in [2.05, 4.69) is 15.5 Å². The number of carbonyl (C=O) groups excluding carboxylic acids is 1. The number of ether oxygens (including phenoxy) is 1. The molecule has 4 rings (SSSR count). The molecule has 0 bridgehead atoms. The molecule has 0 spiro atoms. The minimum absolute atomic E-state index is 0.00939. The van der Waals surface area contributed by atoms with E-state index in [1.54, 1.807) is 11.0 Å². The zero-order valence-corrected chi connectivity index (χ0v) is 13.7. The van der Waals surface area contributed by atoms with Gasteiger partial charge in [-0.3, -0.25) is 4.79 Å². The fraction of sp³-hybridized carbons (Fsp3) is 0.211. The van der Waals surface area contributed by atoms with Crippen LogP contribution in [0.4, 0.5) is 0 Å². The van der Waals surface area contributed by atoms with Gasteiger partial charge in [-0.2, -0.15) is 9.90 Å². The number of carbonyl (C=O) groups is 1. The second-order valence-electron chi connectivity index (χ2n) is 5.93. The Morgan fingerprint density at radius 2 is 2.04 bits per heavy atom. The summed E-state index contributed by atoms with van der Waals surface area (Å²) in [5.74, 6) is 0.729. The van der Waals surface area contributed by atoms with E-state index < -0.39 is 0 Å². The van der Waals surface area contributed by atoms with E-state index in [-0.39, 0.29) is 5.91 Å². The third-order valence-corrected chi connectivity index (χ3v) is 4.14. The number of benzene rings is 2. The first-order valence-corrected chi connectivity index (χ1v) is 8.30. The third kappa shape index (κ3) is 3.38. The van der Waals surface area contributed by atoms with Gasteiger partial charge in [-0.05, 0) is 48.7 Å². The largest absolute Gasteiger partial charge is 0.487 e. The summed E-state index contributed by atoms with van der Waals surface area (Å²) >= 11 is 0. The van der Waals surface area contributed by atoms with Crippen molar-refractivity contribution in [2.45, 2.75) is 19.4 Å². The Balaban J connectivity index is 1.46. The van der Waals surface area contributed by atoms with Gasteiger partial charge in [0, 0.05) is 12.1 Å². The van der Waals surface area contributed by atoms with Crippen LogP contribution in [0.5, 0.6) is 5.75 Å². The summed E-state index contributed by atoms with van der Waals surface area (Å²) in [4.78, 5) is 13.5. The molecule has 6 heteroatoms. The number of para-hydroxylation sites is 1. The maximum Gasteiger partial charge on any atom is 0.251 e. The lowest BCUT2D eigenvalue weighted by molar-refractivity contribution is 0.0956. The zero-order valence-electron chi connectivity index (χ0n) is 13.7. The summed E-state index contributed by atoms with van der Waals surface area (Å²) in [6.45, 7) is 1.05. The minimum atomic E-state index is -0.00939. The number of rotatable bonds is 4. The van der Waals surface area contributed by atoms with Gasteiger partial charge in [-0.15, -0.1) is 5.10 Å². The van der Waals surface area contributed by atoms with Crippen molar-refractivity contribution in [1.29, 1.82) is 0 Å². The third-order valence-electron chi connectivity index (χ3n) is 4.14. The highest BCUT2D eigenvalue weighted by Gasteiger charge is 2.15. The van der Waals surface area contributed by atoms with Crippen LogP contribution in [0.25, 0.3) is 5.69 Å². The Labute approximate surface area is 145 Å². The zero-order chi connectivity index (χ0) is 17.1. The number of nitrogens with zero attached hydrogens (tertiary/aromatic N) is 3. The fourth-order valence-corrected chi connectivity index (χ4v) is 2.87. The van der Waals surface area contributed by atoms with Gasteiger partial charge in [-0.25, -0.2) is 0 Å². The normalized spacial score (nSPS) is 13.7. The summed E-state index contributed by atoms with van der Waals surface area (Å²) in [5.41, 5.74) is 3.42. The van der Waals surface area contributed by atoms with Crippen molar-refractivity contribution in [2.75, 3.05) is 6.54 Å². The summed E-state index contributed by atoms with van der Waals surface area (Å²) in [6, 6.07) is 15.3. The molecule has 1 aliphatic heterocycles. The van der Waals surface area contributed by atoms with Crippen molar-refractivity contribution < 1.29 is 9.53 Å². The van der Waals surface area contributed by atoms with Crippen molar-refractivity contribution in [3.05, 3.63) is 71.5 Å². The molecule has 0 saturated heterocycles. The Hall–Kier alpha value is -3.15. The molecule has 25 heavy (non-hydrogen) atoms. The van der Waals surface area contributed by atoms with Crippen LogP contribution in [-0.2, 0) is 13.0 Å².